The van der Waals surface area contributed by atoms with E-state index in [-0.39, 0.29) is 25.5 Å². The van der Waals surface area contributed by atoms with Crippen LogP contribution >= 0.6 is 0 Å². The summed E-state index contributed by atoms with van der Waals surface area (Å²) in [5, 5.41) is 16.6. The number of esters is 1. The minimum Gasteiger partial charge on any atom is -0.539 e. The summed E-state index contributed by atoms with van der Waals surface area (Å²) in [5.41, 5.74) is 2.94. The molecule has 0 amide bonds. The minimum absolute atomic E-state index is 0.103. The zero-order chi connectivity index (χ0) is 23.8. The molecular formula is C25H22N2O7. The number of rotatable bonds is 5. The Labute approximate surface area is 195 Å². The Kier molecular flexibility index (Phi) is 5.53. The number of carbonyl (C=O) groups is 2. The van der Waals surface area contributed by atoms with Crippen molar-refractivity contribution in [3.8, 4) is 23.1 Å². The number of hydrogen-bond acceptors (Lipinski definition) is 8. The number of aryl methyl sites for hydroxylation is 1. The lowest BCUT2D eigenvalue weighted by Gasteiger charge is -2.28. The van der Waals surface area contributed by atoms with Gasteiger partial charge in [-0.2, -0.15) is 0 Å². The number of fused-ring (bicyclic) bond motifs is 1. The van der Waals surface area contributed by atoms with Gasteiger partial charge < -0.3 is 23.8 Å². The van der Waals surface area contributed by atoms with Crippen LogP contribution in [0.3, 0.4) is 0 Å². The molecule has 0 saturated carbocycles. The van der Waals surface area contributed by atoms with Gasteiger partial charge >= 0.3 is 5.97 Å². The molecule has 0 saturated heterocycles. The molecule has 0 N–H and O–H groups in total. The average Bonchev–Trinajstić information content (AvgIpc) is 3.45. The SMILES string of the molecule is CCOC(=O)C1C(=O)C=C(c2c([O-])on[n+]2-c2ccc(C)cc2)CC1c1ccc2c(c1)OCO2. The normalized spacial score (nSPS) is 19.1. The van der Waals surface area contributed by atoms with Gasteiger partial charge in [0.05, 0.1) is 11.9 Å². The van der Waals surface area contributed by atoms with Crippen LogP contribution in [0.4, 0.5) is 0 Å². The van der Waals surface area contributed by atoms with E-state index in [1.54, 1.807) is 25.1 Å². The van der Waals surface area contributed by atoms with Gasteiger partial charge in [0.15, 0.2) is 23.2 Å². The van der Waals surface area contributed by atoms with E-state index in [0.717, 1.165) is 5.56 Å². The fourth-order valence-corrected chi connectivity index (χ4v) is 4.38. The van der Waals surface area contributed by atoms with Gasteiger partial charge in [-0.3, -0.25) is 9.59 Å². The number of ether oxygens (including phenoxy) is 3. The smallest absolute Gasteiger partial charge is 0.317 e. The highest BCUT2D eigenvalue weighted by Crippen LogP contribution is 2.44. The zero-order valence-electron chi connectivity index (χ0n) is 18.6. The van der Waals surface area contributed by atoms with Crippen LogP contribution in [0.25, 0.3) is 11.3 Å². The van der Waals surface area contributed by atoms with Crippen molar-refractivity contribution in [3.63, 3.8) is 0 Å². The average molecular weight is 462 g/mol. The molecule has 2 atom stereocenters. The summed E-state index contributed by atoms with van der Waals surface area (Å²) in [5.74, 6) is -2.23. The third-order valence-electron chi connectivity index (χ3n) is 6.02. The topological polar surface area (TPSA) is 115 Å². The maximum absolute atomic E-state index is 13.2. The molecule has 0 radical (unpaired) electrons. The number of carbonyl (C=O) groups excluding carboxylic acids is 2. The fraction of sp³-hybridized carbons (Fsp3) is 0.280. The van der Waals surface area contributed by atoms with E-state index in [0.29, 0.717) is 28.3 Å². The van der Waals surface area contributed by atoms with E-state index in [1.165, 1.54) is 10.8 Å². The molecule has 0 fully saturated rings. The molecule has 174 valence electrons. The summed E-state index contributed by atoms with van der Waals surface area (Å²) in [6.45, 7) is 3.89. The van der Waals surface area contributed by atoms with Crippen LogP contribution in [0.1, 0.15) is 36.1 Å². The third-order valence-corrected chi connectivity index (χ3v) is 6.02. The van der Waals surface area contributed by atoms with E-state index in [9.17, 15) is 14.7 Å². The Bertz CT molecular complexity index is 1290. The predicted octanol–water partition coefficient (Wildman–Crippen LogP) is 2.38. The van der Waals surface area contributed by atoms with E-state index in [1.807, 2.05) is 31.2 Å². The van der Waals surface area contributed by atoms with Crippen LogP contribution in [-0.4, -0.2) is 30.4 Å². The molecule has 2 heterocycles. The molecule has 9 nitrogen and oxygen atoms in total. The van der Waals surface area contributed by atoms with Crippen molar-refractivity contribution in [3.05, 3.63) is 65.4 Å². The van der Waals surface area contributed by atoms with Crippen molar-refractivity contribution >= 4 is 17.3 Å². The molecule has 0 bridgehead atoms. The molecule has 5 rings (SSSR count). The Balaban J connectivity index is 1.59. The second-order valence-electron chi connectivity index (χ2n) is 8.18. The molecule has 1 aromatic heterocycles. The summed E-state index contributed by atoms with van der Waals surface area (Å²) in [4.78, 5) is 26.0. The largest absolute Gasteiger partial charge is 0.539 e. The lowest BCUT2D eigenvalue weighted by atomic mass is 9.74. The van der Waals surface area contributed by atoms with Crippen LogP contribution in [-0.2, 0) is 14.3 Å². The summed E-state index contributed by atoms with van der Waals surface area (Å²) in [6, 6.07) is 12.7. The second kappa shape index (κ2) is 8.66. The van der Waals surface area contributed by atoms with Gasteiger partial charge in [-0.25, -0.2) is 0 Å². The Hall–Kier alpha value is -4.14. The Morgan fingerprint density at radius 1 is 1.18 bits per heavy atom. The quantitative estimate of drug-likeness (QED) is 0.323. The maximum atomic E-state index is 13.2. The predicted molar refractivity (Wildman–Crippen MR) is 115 cm³/mol. The first-order chi connectivity index (χ1) is 16.5. The van der Waals surface area contributed by atoms with Gasteiger partial charge in [0.2, 0.25) is 12.5 Å². The highest BCUT2D eigenvalue weighted by atomic mass is 16.7. The van der Waals surface area contributed by atoms with Crippen molar-refractivity contribution in [1.82, 2.24) is 5.27 Å². The Morgan fingerprint density at radius 2 is 1.94 bits per heavy atom. The molecule has 34 heavy (non-hydrogen) atoms. The Morgan fingerprint density at radius 3 is 2.71 bits per heavy atom. The molecule has 1 aliphatic heterocycles. The van der Waals surface area contributed by atoms with E-state index < -0.39 is 29.5 Å². The summed E-state index contributed by atoms with van der Waals surface area (Å²) < 4.78 is 22.4. The molecule has 0 spiro atoms. The van der Waals surface area contributed by atoms with Crippen molar-refractivity contribution in [2.24, 2.45) is 5.92 Å². The van der Waals surface area contributed by atoms with Crippen LogP contribution in [0.2, 0.25) is 0 Å². The van der Waals surface area contributed by atoms with Gasteiger partial charge in [0.25, 0.3) is 5.69 Å². The summed E-state index contributed by atoms with van der Waals surface area (Å²) in [6.07, 6.45) is 1.54. The highest BCUT2D eigenvalue weighted by molar-refractivity contribution is 6.10. The fourth-order valence-electron chi connectivity index (χ4n) is 4.38. The monoisotopic (exact) mass is 462 g/mol. The van der Waals surface area contributed by atoms with Crippen LogP contribution in [0, 0.1) is 12.8 Å². The lowest BCUT2D eigenvalue weighted by Crippen LogP contribution is -2.39. The van der Waals surface area contributed by atoms with Crippen molar-refractivity contribution < 1.29 is 38.1 Å². The van der Waals surface area contributed by atoms with E-state index in [4.69, 9.17) is 18.7 Å². The number of allylic oxidation sites excluding steroid dienone is 2. The molecule has 2 aliphatic rings. The van der Waals surface area contributed by atoms with Gasteiger partial charge in [0.1, 0.15) is 5.92 Å². The first kappa shape index (κ1) is 21.7. The van der Waals surface area contributed by atoms with Crippen LogP contribution in [0.15, 0.2) is 53.1 Å². The van der Waals surface area contributed by atoms with Crippen molar-refractivity contribution in [1.29, 1.82) is 0 Å². The van der Waals surface area contributed by atoms with E-state index in [2.05, 4.69) is 5.27 Å². The summed E-state index contributed by atoms with van der Waals surface area (Å²) in [7, 11) is 0. The molecule has 2 aromatic carbocycles. The number of hydrogen-bond donors (Lipinski definition) is 0. The zero-order valence-corrected chi connectivity index (χ0v) is 18.6. The van der Waals surface area contributed by atoms with Crippen molar-refractivity contribution in [2.75, 3.05) is 13.4 Å². The maximum Gasteiger partial charge on any atom is 0.317 e. The molecule has 2 unspecified atom stereocenters. The second-order valence-corrected chi connectivity index (χ2v) is 8.18. The number of benzene rings is 2. The first-order valence-corrected chi connectivity index (χ1v) is 10.9. The molecule has 1 aliphatic carbocycles. The number of aromatic nitrogens is 2. The minimum atomic E-state index is -1.05. The molecular weight excluding hydrogens is 440 g/mol. The summed E-state index contributed by atoms with van der Waals surface area (Å²) >= 11 is 0. The lowest BCUT2D eigenvalue weighted by molar-refractivity contribution is -0.672. The van der Waals surface area contributed by atoms with Crippen LogP contribution < -0.4 is 19.3 Å². The third kappa shape index (κ3) is 3.79. The first-order valence-electron chi connectivity index (χ1n) is 10.9. The van der Waals surface area contributed by atoms with Gasteiger partial charge in [-0.15, -0.1) is 0 Å². The van der Waals surface area contributed by atoms with E-state index >= 15 is 0 Å². The van der Waals surface area contributed by atoms with Gasteiger partial charge in [-0.05, 0) is 48.7 Å². The highest BCUT2D eigenvalue weighted by Gasteiger charge is 2.42. The van der Waals surface area contributed by atoms with Crippen LogP contribution in [0.5, 0.6) is 17.4 Å². The molecule has 9 heteroatoms. The van der Waals surface area contributed by atoms with Gasteiger partial charge in [0, 0.05) is 23.6 Å². The standard InChI is InChI=1S/C25H22N2O7/c1-3-31-24(29)22-18(15-6-9-20-21(12-15)33-13-32-20)10-16(11-19(22)28)23-25(30)34-26-27(23)17-7-4-14(2)5-8-17/h4-9,11-12,18,22H,3,10,13H2,1-2H3. The molecule has 3 aromatic rings. The number of nitrogens with zero attached hydrogens (tertiary/aromatic N) is 2. The number of ketones is 1. The van der Waals surface area contributed by atoms with Gasteiger partial charge in [-0.1, -0.05) is 23.8 Å². The van der Waals surface area contributed by atoms with Crippen molar-refractivity contribution in [2.45, 2.75) is 26.2 Å².